The molecule has 6 atom stereocenters. The van der Waals surface area contributed by atoms with Gasteiger partial charge in [-0.1, -0.05) is 71.8 Å². The Balaban J connectivity index is 1.35. The first-order valence-electron chi connectivity index (χ1n) is 14.2. The standard InChI is InChI=1S/C34H29ClN2O5/c1-34-26(31(40)37(33(34)42)21-10-6-3-7-11-21)17-24-22(29(34)25-16-20(35)12-15-27(25)38)13-14-23-28(24)32(41)36(30(23)39)18-19-8-4-2-5-9-19/h2-13,15-16,23-24,26,28-29,38H,14,17-18H2,1H3/t23-,24+,26-,28-,29+,34+/m0/s1. The summed E-state index contributed by atoms with van der Waals surface area (Å²) in [7, 11) is 0. The summed E-state index contributed by atoms with van der Waals surface area (Å²) >= 11 is 6.42. The maximum Gasteiger partial charge on any atom is 0.241 e. The summed E-state index contributed by atoms with van der Waals surface area (Å²) in [6.45, 7) is 1.98. The van der Waals surface area contributed by atoms with Crippen molar-refractivity contribution < 1.29 is 24.3 Å². The Morgan fingerprint density at radius 2 is 1.57 bits per heavy atom. The van der Waals surface area contributed by atoms with Crippen LogP contribution in [0.2, 0.25) is 5.02 Å². The SMILES string of the molecule is C[C@@]12C(=O)N(c3ccccc3)C(=O)[C@@H]1C[C@@H]1C(=CC[C@@H]3C(=O)N(Cc4ccccc4)C(=O)[C@@H]31)[C@@H]2c1cc(Cl)ccc1O. The number of halogens is 1. The van der Waals surface area contributed by atoms with Crippen LogP contribution in [0.15, 0.2) is 90.5 Å². The monoisotopic (exact) mass is 580 g/mol. The van der Waals surface area contributed by atoms with E-state index in [-0.39, 0.29) is 42.3 Å². The van der Waals surface area contributed by atoms with Gasteiger partial charge in [0.1, 0.15) is 5.75 Å². The number of phenols is 1. The lowest BCUT2D eigenvalue weighted by Gasteiger charge is -2.49. The highest BCUT2D eigenvalue weighted by Crippen LogP contribution is 2.64. The van der Waals surface area contributed by atoms with Crippen LogP contribution in [0.25, 0.3) is 0 Å². The number of fused-ring (bicyclic) bond motifs is 4. The molecule has 3 fully saturated rings. The number of anilines is 1. The zero-order valence-electron chi connectivity index (χ0n) is 22.9. The first-order chi connectivity index (χ1) is 20.2. The van der Waals surface area contributed by atoms with Crippen molar-refractivity contribution in [2.45, 2.75) is 32.2 Å². The van der Waals surface area contributed by atoms with Crippen LogP contribution < -0.4 is 4.90 Å². The number of carbonyl (C=O) groups excluding carboxylic acids is 4. The highest BCUT2D eigenvalue weighted by molar-refractivity contribution is 6.30. The molecule has 212 valence electrons. The molecule has 2 heterocycles. The molecular weight excluding hydrogens is 552 g/mol. The average Bonchev–Trinajstić information content (AvgIpc) is 3.35. The summed E-state index contributed by atoms with van der Waals surface area (Å²) in [6.07, 6.45) is 2.57. The van der Waals surface area contributed by atoms with E-state index in [1.165, 1.54) is 15.9 Å². The number of likely N-dealkylation sites (tertiary alicyclic amines) is 1. The van der Waals surface area contributed by atoms with Gasteiger partial charge in [0.05, 0.1) is 35.4 Å². The molecule has 8 heteroatoms. The predicted molar refractivity (Wildman–Crippen MR) is 156 cm³/mol. The lowest BCUT2D eigenvalue weighted by Crippen LogP contribution is -2.48. The quantitative estimate of drug-likeness (QED) is 0.326. The molecule has 3 aromatic carbocycles. The average molecular weight is 581 g/mol. The van der Waals surface area contributed by atoms with Crippen molar-refractivity contribution in [2.24, 2.45) is 29.1 Å². The molecule has 7 rings (SSSR count). The molecule has 0 unspecified atom stereocenters. The number of rotatable bonds is 4. The third-order valence-electron chi connectivity index (χ3n) is 9.86. The summed E-state index contributed by atoms with van der Waals surface area (Å²) in [4.78, 5) is 58.7. The number of imide groups is 2. The molecule has 0 spiro atoms. The number of para-hydroxylation sites is 1. The zero-order chi connectivity index (χ0) is 29.3. The van der Waals surface area contributed by atoms with Gasteiger partial charge in [-0.3, -0.25) is 24.1 Å². The van der Waals surface area contributed by atoms with Gasteiger partial charge < -0.3 is 5.11 Å². The minimum atomic E-state index is -1.24. The molecular formula is C34H29ClN2O5. The number of hydrogen-bond donors (Lipinski definition) is 1. The van der Waals surface area contributed by atoms with Gasteiger partial charge in [-0.15, -0.1) is 0 Å². The highest BCUT2D eigenvalue weighted by Gasteiger charge is 2.67. The second kappa shape index (κ2) is 9.66. The zero-order valence-corrected chi connectivity index (χ0v) is 23.7. The van der Waals surface area contributed by atoms with Gasteiger partial charge in [0.25, 0.3) is 0 Å². The topological polar surface area (TPSA) is 95.0 Å². The van der Waals surface area contributed by atoms with Crippen molar-refractivity contribution in [1.29, 1.82) is 0 Å². The van der Waals surface area contributed by atoms with Crippen molar-refractivity contribution in [3.8, 4) is 5.75 Å². The Kier molecular flexibility index (Phi) is 6.13. The van der Waals surface area contributed by atoms with Crippen molar-refractivity contribution in [2.75, 3.05) is 4.90 Å². The normalized spacial score (nSPS) is 30.2. The van der Waals surface area contributed by atoms with Gasteiger partial charge in [0.2, 0.25) is 23.6 Å². The van der Waals surface area contributed by atoms with Crippen LogP contribution in [-0.4, -0.2) is 33.6 Å². The van der Waals surface area contributed by atoms with Crippen LogP contribution >= 0.6 is 11.6 Å². The maximum atomic E-state index is 14.4. The molecule has 1 saturated carbocycles. The van der Waals surface area contributed by atoms with E-state index in [0.29, 0.717) is 22.7 Å². The highest BCUT2D eigenvalue weighted by atomic mass is 35.5. The van der Waals surface area contributed by atoms with Gasteiger partial charge in [-0.2, -0.15) is 0 Å². The first kappa shape index (κ1) is 26.7. The summed E-state index contributed by atoms with van der Waals surface area (Å²) < 4.78 is 0. The Bertz CT molecular complexity index is 1670. The summed E-state index contributed by atoms with van der Waals surface area (Å²) in [6, 6.07) is 22.9. The molecule has 0 aromatic heterocycles. The molecule has 3 aromatic rings. The predicted octanol–water partition coefficient (Wildman–Crippen LogP) is 5.48. The fourth-order valence-electron chi connectivity index (χ4n) is 7.93. The number of amides is 4. The van der Waals surface area contributed by atoms with Gasteiger partial charge in [-0.25, -0.2) is 4.90 Å². The molecule has 7 nitrogen and oxygen atoms in total. The summed E-state index contributed by atoms with van der Waals surface area (Å²) in [5.74, 6) is -4.29. The van der Waals surface area contributed by atoms with Crippen LogP contribution in [0.3, 0.4) is 0 Å². The van der Waals surface area contributed by atoms with Crippen molar-refractivity contribution in [3.05, 3.63) is 107 Å². The Morgan fingerprint density at radius 3 is 2.29 bits per heavy atom. The van der Waals surface area contributed by atoms with Crippen LogP contribution in [0.4, 0.5) is 5.69 Å². The van der Waals surface area contributed by atoms with E-state index < -0.39 is 35.0 Å². The minimum Gasteiger partial charge on any atom is -0.508 e. The van der Waals surface area contributed by atoms with E-state index in [1.54, 1.807) is 43.3 Å². The number of benzene rings is 3. The molecule has 1 N–H and O–H groups in total. The Hall–Kier alpha value is -4.23. The number of carbonyl (C=O) groups is 4. The molecule has 0 bridgehead atoms. The van der Waals surface area contributed by atoms with E-state index in [1.807, 2.05) is 42.5 Å². The van der Waals surface area contributed by atoms with Crippen LogP contribution in [0.1, 0.15) is 36.8 Å². The summed E-state index contributed by atoms with van der Waals surface area (Å²) in [5.41, 5.74) is 1.36. The van der Waals surface area contributed by atoms with E-state index in [9.17, 15) is 24.3 Å². The van der Waals surface area contributed by atoms with Crippen LogP contribution in [0, 0.1) is 29.1 Å². The van der Waals surface area contributed by atoms with E-state index in [4.69, 9.17) is 11.6 Å². The second-order valence-corrected chi connectivity index (χ2v) is 12.4. The number of hydrogen-bond acceptors (Lipinski definition) is 5. The molecule has 0 radical (unpaired) electrons. The van der Waals surface area contributed by atoms with Crippen molar-refractivity contribution >= 4 is 40.9 Å². The van der Waals surface area contributed by atoms with Gasteiger partial charge in [-0.05, 0) is 61.6 Å². The second-order valence-electron chi connectivity index (χ2n) is 11.9. The molecule has 4 aliphatic rings. The Labute approximate surface area is 248 Å². The lowest BCUT2D eigenvalue weighted by molar-refractivity contribution is -0.141. The van der Waals surface area contributed by atoms with Crippen LogP contribution in [-0.2, 0) is 25.7 Å². The molecule has 2 aliphatic heterocycles. The lowest BCUT2D eigenvalue weighted by atomic mass is 9.51. The molecule has 2 aliphatic carbocycles. The summed E-state index contributed by atoms with van der Waals surface area (Å²) in [5, 5.41) is 11.5. The number of phenolic OH excluding ortho intramolecular Hbond substituents is 1. The minimum absolute atomic E-state index is 0.0361. The molecule has 42 heavy (non-hydrogen) atoms. The van der Waals surface area contributed by atoms with Crippen LogP contribution in [0.5, 0.6) is 5.75 Å². The third kappa shape index (κ3) is 3.72. The molecule has 4 amide bonds. The smallest absolute Gasteiger partial charge is 0.241 e. The van der Waals surface area contributed by atoms with E-state index in [0.717, 1.165) is 11.1 Å². The first-order valence-corrected chi connectivity index (χ1v) is 14.6. The largest absolute Gasteiger partial charge is 0.508 e. The Morgan fingerprint density at radius 1 is 0.881 bits per heavy atom. The van der Waals surface area contributed by atoms with Crippen molar-refractivity contribution in [3.63, 3.8) is 0 Å². The fraction of sp³-hybridized carbons (Fsp3) is 0.294. The third-order valence-corrected chi connectivity index (χ3v) is 10.1. The number of aromatic hydroxyl groups is 1. The van der Waals surface area contributed by atoms with E-state index >= 15 is 0 Å². The van der Waals surface area contributed by atoms with E-state index in [2.05, 4.69) is 0 Å². The van der Waals surface area contributed by atoms with Gasteiger partial charge in [0, 0.05) is 16.5 Å². The number of allylic oxidation sites excluding steroid dienone is 2. The number of nitrogens with zero attached hydrogens (tertiary/aromatic N) is 2. The fourth-order valence-corrected chi connectivity index (χ4v) is 8.11. The van der Waals surface area contributed by atoms with Gasteiger partial charge >= 0.3 is 0 Å². The van der Waals surface area contributed by atoms with Crippen molar-refractivity contribution in [1.82, 2.24) is 4.90 Å². The van der Waals surface area contributed by atoms with Gasteiger partial charge in [0.15, 0.2) is 0 Å². The maximum absolute atomic E-state index is 14.4. The molecule has 2 saturated heterocycles.